The number of carbonyl (C=O) groups is 2. The molecule has 1 unspecified atom stereocenters. The molecule has 8 nitrogen and oxygen atoms in total. The van der Waals surface area contributed by atoms with Gasteiger partial charge in [-0.3, -0.25) is 14.5 Å². The summed E-state index contributed by atoms with van der Waals surface area (Å²) in [7, 11) is 0. The summed E-state index contributed by atoms with van der Waals surface area (Å²) in [6.07, 6.45) is 7.93. The van der Waals surface area contributed by atoms with Crippen LogP contribution in [0, 0.1) is 29.1 Å². The van der Waals surface area contributed by atoms with Crippen molar-refractivity contribution in [3.63, 3.8) is 0 Å². The van der Waals surface area contributed by atoms with E-state index in [0.717, 1.165) is 11.3 Å². The zero-order chi connectivity index (χ0) is 25.6. The molecule has 1 aromatic carbocycles. The lowest BCUT2D eigenvalue weighted by Gasteiger charge is -2.41. The number of aliphatic imine (C=N–C) groups is 1. The first-order valence-corrected chi connectivity index (χ1v) is 12.7. The average molecular weight is 488 g/mol. The van der Waals surface area contributed by atoms with Crippen LogP contribution in [0.5, 0.6) is 5.75 Å². The Morgan fingerprint density at radius 3 is 2.81 bits per heavy atom. The molecule has 2 aliphatic heterocycles. The van der Waals surface area contributed by atoms with E-state index in [9.17, 15) is 14.9 Å². The fourth-order valence-electron chi connectivity index (χ4n) is 5.89. The largest absolute Gasteiger partial charge is 0.490 e. The number of nitrogens with one attached hydrogen (secondary N) is 1. The number of amides is 2. The molecule has 188 valence electrons. The van der Waals surface area contributed by atoms with Crippen LogP contribution in [0.3, 0.4) is 0 Å². The predicted molar refractivity (Wildman–Crippen MR) is 136 cm³/mol. The molecule has 5 rings (SSSR count). The molecule has 0 bridgehead atoms. The number of guanidine groups is 1. The summed E-state index contributed by atoms with van der Waals surface area (Å²) in [6.45, 7) is 5.80. The Morgan fingerprint density at radius 1 is 1.33 bits per heavy atom. The smallest absolute Gasteiger partial charge is 0.231 e. The molecule has 8 heteroatoms. The van der Waals surface area contributed by atoms with Crippen LogP contribution >= 0.6 is 0 Å². The van der Waals surface area contributed by atoms with Crippen molar-refractivity contribution in [2.45, 2.75) is 70.2 Å². The van der Waals surface area contributed by atoms with E-state index in [2.05, 4.69) is 16.4 Å². The van der Waals surface area contributed by atoms with E-state index >= 15 is 0 Å². The van der Waals surface area contributed by atoms with Crippen molar-refractivity contribution in [1.82, 2.24) is 10.2 Å². The van der Waals surface area contributed by atoms with Crippen molar-refractivity contribution in [2.75, 3.05) is 0 Å². The van der Waals surface area contributed by atoms with Gasteiger partial charge in [0, 0.05) is 35.4 Å². The van der Waals surface area contributed by atoms with E-state index in [1.807, 2.05) is 57.2 Å². The van der Waals surface area contributed by atoms with E-state index in [1.54, 1.807) is 11.0 Å². The Balaban J connectivity index is 1.37. The second-order valence-electron chi connectivity index (χ2n) is 11.0. The van der Waals surface area contributed by atoms with Crippen molar-refractivity contribution in [1.29, 1.82) is 5.26 Å². The standard InChI is InChI=1S/C28H33N5O3/c1-16-12-22(19-6-4-5-7-23(19)36-16)31-26(35)21-13-20(21)25(18-10-8-17(15-29)9-11-18)33-24(34)14-28(2,3)32-27(33)30/h4-10,16,18,20-22,25H,11-14H2,1-3H3,(H2,30,32)(H,31,35)/t16-,18?,20+,21+,22-,25-/m0/s1. The minimum Gasteiger partial charge on any atom is -0.490 e. The summed E-state index contributed by atoms with van der Waals surface area (Å²) < 4.78 is 5.94. The van der Waals surface area contributed by atoms with Crippen LogP contribution in [0.1, 0.15) is 58.1 Å². The molecular weight excluding hydrogens is 454 g/mol. The highest BCUT2D eigenvalue weighted by Crippen LogP contribution is 2.48. The van der Waals surface area contributed by atoms with E-state index in [4.69, 9.17) is 10.5 Å². The molecule has 1 saturated carbocycles. The number of benzene rings is 1. The molecule has 2 aliphatic carbocycles. The summed E-state index contributed by atoms with van der Waals surface area (Å²) in [5.41, 5.74) is 7.41. The maximum absolute atomic E-state index is 13.4. The molecule has 1 aromatic rings. The van der Waals surface area contributed by atoms with Crippen LogP contribution in [-0.4, -0.2) is 40.4 Å². The fraction of sp³-hybridized carbons (Fsp3) is 0.500. The highest BCUT2D eigenvalue weighted by Gasteiger charge is 2.54. The molecule has 0 saturated heterocycles. The van der Waals surface area contributed by atoms with Crippen molar-refractivity contribution in [2.24, 2.45) is 28.5 Å². The van der Waals surface area contributed by atoms with Crippen molar-refractivity contribution in [3.8, 4) is 11.8 Å². The van der Waals surface area contributed by atoms with Crippen LogP contribution in [0.25, 0.3) is 0 Å². The summed E-state index contributed by atoms with van der Waals surface area (Å²) >= 11 is 0. The molecule has 4 aliphatic rings. The third-order valence-electron chi connectivity index (χ3n) is 7.64. The van der Waals surface area contributed by atoms with Crippen molar-refractivity contribution >= 4 is 17.8 Å². The zero-order valence-corrected chi connectivity index (χ0v) is 21.0. The van der Waals surface area contributed by atoms with Crippen LogP contribution in [0.15, 0.2) is 53.1 Å². The Labute approximate surface area is 211 Å². The van der Waals surface area contributed by atoms with Gasteiger partial charge >= 0.3 is 0 Å². The molecule has 3 N–H and O–H groups in total. The highest BCUT2D eigenvalue weighted by atomic mass is 16.5. The first kappa shape index (κ1) is 24.1. The van der Waals surface area contributed by atoms with E-state index < -0.39 is 5.54 Å². The Hall–Kier alpha value is -3.60. The van der Waals surface area contributed by atoms with E-state index in [1.165, 1.54) is 0 Å². The maximum atomic E-state index is 13.4. The van der Waals surface area contributed by atoms with Gasteiger partial charge in [-0.2, -0.15) is 5.26 Å². The van der Waals surface area contributed by atoms with Gasteiger partial charge < -0.3 is 15.8 Å². The Bertz CT molecular complexity index is 1210. The normalized spacial score (nSPS) is 31.2. The topological polar surface area (TPSA) is 121 Å². The molecular formula is C28H33N5O3. The number of para-hydroxylation sites is 1. The van der Waals surface area contributed by atoms with Crippen LogP contribution in [-0.2, 0) is 9.59 Å². The highest BCUT2D eigenvalue weighted by molar-refractivity contribution is 5.99. The van der Waals surface area contributed by atoms with Crippen molar-refractivity contribution in [3.05, 3.63) is 53.6 Å². The number of fused-ring (bicyclic) bond motifs is 1. The number of allylic oxidation sites excluding steroid dienone is 3. The first-order chi connectivity index (χ1) is 17.2. The van der Waals surface area contributed by atoms with Crippen LogP contribution < -0.4 is 15.8 Å². The third kappa shape index (κ3) is 4.62. The minimum atomic E-state index is -0.550. The summed E-state index contributed by atoms with van der Waals surface area (Å²) in [6, 6.07) is 9.59. The number of ether oxygens (including phenoxy) is 1. The number of carbonyl (C=O) groups excluding carboxylic acids is 2. The lowest BCUT2D eigenvalue weighted by atomic mass is 9.85. The number of hydrogen-bond donors (Lipinski definition) is 2. The third-order valence-corrected chi connectivity index (χ3v) is 7.64. The summed E-state index contributed by atoms with van der Waals surface area (Å²) in [4.78, 5) is 32.9. The molecule has 1 fully saturated rings. The molecule has 2 amide bonds. The molecule has 6 atom stereocenters. The maximum Gasteiger partial charge on any atom is 0.231 e. The number of rotatable bonds is 5. The van der Waals surface area contributed by atoms with E-state index in [-0.39, 0.29) is 60.1 Å². The van der Waals surface area contributed by atoms with Crippen LogP contribution in [0.2, 0.25) is 0 Å². The average Bonchev–Trinajstić information content (AvgIpc) is 3.61. The van der Waals surface area contributed by atoms with Gasteiger partial charge in [-0.05, 0) is 51.7 Å². The lowest BCUT2D eigenvalue weighted by molar-refractivity contribution is -0.133. The number of nitrogens with zero attached hydrogens (tertiary/aromatic N) is 3. The molecule has 0 spiro atoms. The Morgan fingerprint density at radius 2 is 2.11 bits per heavy atom. The van der Waals surface area contributed by atoms with Gasteiger partial charge in [0.25, 0.3) is 0 Å². The second kappa shape index (κ2) is 9.12. The van der Waals surface area contributed by atoms with Gasteiger partial charge in [0.2, 0.25) is 11.8 Å². The van der Waals surface area contributed by atoms with Gasteiger partial charge in [-0.25, -0.2) is 4.99 Å². The quantitative estimate of drug-likeness (QED) is 0.660. The van der Waals surface area contributed by atoms with Gasteiger partial charge in [0.1, 0.15) is 5.75 Å². The molecule has 0 aromatic heterocycles. The predicted octanol–water partition coefficient (Wildman–Crippen LogP) is 3.37. The zero-order valence-electron chi connectivity index (χ0n) is 21.0. The molecule has 0 radical (unpaired) electrons. The van der Waals surface area contributed by atoms with Gasteiger partial charge in [-0.1, -0.05) is 30.4 Å². The monoisotopic (exact) mass is 487 g/mol. The minimum absolute atomic E-state index is 0.00628. The number of nitriles is 1. The number of nitrogens with two attached hydrogens (primary N) is 1. The lowest BCUT2D eigenvalue weighted by Crippen LogP contribution is -2.57. The fourth-order valence-corrected chi connectivity index (χ4v) is 5.89. The SMILES string of the molecule is C[C@H]1C[C@H](NC(=O)[C@@H]2C[C@H]2[C@H](C2C=CC(C#N)=CC2)N2C(=O)CC(C)(C)N=C2N)c2ccccc2O1. The number of hydrogen-bond acceptors (Lipinski definition) is 6. The van der Waals surface area contributed by atoms with E-state index in [0.29, 0.717) is 24.8 Å². The Kier molecular flexibility index (Phi) is 6.11. The first-order valence-electron chi connectivity index (χ1n) is 12.7. The van der Waals surface area contributed by atoms with Gasteiger partial charge in [-0.15, -0.1) is 0 Å². The van der Waals surface area contributed by atoms with Gasteiger partial charge in [0.05, 0.1) is 30.2 Å². The molecule has 2 heterocycles. The second-order valence-corrected chi connectivity index (χ2v) is 11.0. The summed E-state index contributed by atoms with van der Waals surface area (Å²) in [5.74, 6) is 0.639. The van der Waals surface area contributed by atoms with Crippen molar-refractivity contribution < 1.29 is 14.3 Å². The van der Waals surface area contributed by atoms with Gasteiger partial charge in [0.15, 0.2) is 5.96 Å². The van der Waals surface area contributed by atoms with Crippen LogP contribution in [0.4, 0.5) is 0 Å². The molecule has 36 heavy (non-hydrogen) atoms. The summed E-state index contributed by atoms with van der Waals surface area (Å²) in [5, 5.41) is 12.5.